The molecular weight excluding hydrogens is 302 g/mol. The number of amides is 1. The van der Waals surface area contributed by atoms with E-state index in [0.29, 0.717) is 19.4 Å². The third-order valence-electron chi connectivity index (χ3n) is 4.09. The molecule has 0 aromatic carbocycles. The predicted molar refractivity (Wildman–Crippen MR) is 85.1 cm³/mol. The molecule has 0 saturated carbocycles. The molecule has 1 aromatic rings. The molecule has 7 heteroatoms. The summed E-state index contributed by atoms with van der Waals surface area (Å²) >= 11 is 0. The maximum absolute atomic E-state index is 12.5. The quantitative estimate of drug-likeness (QED) is 0.725. The molecule has 2 rings (SSSR count). The first-order chi connectivity index (χ1) is 10.5. The zero-order chi connectivity index (χ0) is 16.0. The summed E-state index contributed by atoms with van der Waals surface area (Å²) in [6.45, 7) is 3.50. The van der Waals surface area contributed by atoms with Gasteiger partial charge in [-0.25, -0.2) is 13.4 Å². The molecular formula is C15H25N3O3S. The van der Waals surface area contributed by atoms with Crippen LogP contribution in [-0.4, -0.2) is 52.9 Å². The van der Waals surface area contributed by atoms with E-state index in [0.717, 1.165) is 25.8 Å². The lowest BCUT2D eigenvalue weighted by molar-refractivity contribution is -0.133. The molecule has 6 nitrogen and oxygen atoms in total. The summed E-state index contributed by atoms with van der Waals surface area (Å²) < 4.78 is 25.3. The molecule has 0 N–H and O–H groups in total. The van der Waals surface area contributed by atoms with Crippen molar-refractivity contribution < 1.29 is 13.2 Å². The van der Waals surface area contributed by atoms with E-state index in [-0.39, 0.29) is 23.5 Å². The fourth-order valence-corrected chi connectivity index (χ4v) is 4.57. The molecule has 0 spiro atoms. The number of hydrogen-bond donors (Lipinski definition) is 0. The molecule has 0 aliphatic carbocycles. The number of sulfone groups is 1. The highest BCUT2D eigenvalue weighted by Crippen LogP contribution is 2.19. The van der Waals surface area contributed by atoms with Gasteiger partial charge in [-0.3, -0.25) is 4.79 Å². The minimum Gasteiger partial charge on any atom is -0.339 e. The Balaban J connectivity index is 1.88. The van der Waals surface area contributed by atoms with Gasteiger partial charge in [0.15, 0.2) is 9.84 Å². The Morgan fingerprint density at radius 3 is 2.82 bits per heavy atom. The molecule has 0 radical (unpaired) electrons. The molecule has 2 heterocycles. The number of hydrogen-bond acceptors (Lipinski definition) is 4. The average molecular weight is 327 g/mol. The maximum Gasteiger partial charge on any atom is 0.222 e. The van der Waals surface area contributed by atoms with Crippen LogP contribution >= 0.6 is 0 Å². The first-order valence-corrected chi connectivity index (χ1v) is 9.79. The predicted octanol–water partition coefficient (Wildman–Crippen LogP) is 1.48. The van der Waals surface area contributed by atoms with Crippen LogP contribution in [-0.2, 0) is 21.2 Å². The molecule has 1 fully saturated rings. The number of carbonyl (C=O) groups excluding carboxylic acids is 1. The van der Waals surface area contributed by atoms with Gasteiger partial charge in [0, 0.05) is 37.9 Å². The molecule has 1 aromatic heterocycles. The number of unbranched alkanes of at least 4 members (excludes halogenated alkanes) is 1. The van der Waals surface area contributed by atoms with Crippen LogP contribution in [0.4, 0.5) is 0 Å². The Labute approximate surface area is 132 Å². The normalized spacial score (nSPS) is 20.1. The van der Waals surface area contributed by atoms with Gasteiger partial charge in [-0.1, -0.05) is 13.3 Å². The van der Waals surface area contributed by atoms with Crippen LogP contribution in [0.3, 0.4) is 0 Å². The summed E-state index contributed by atoms with van der Waals surface area (Å²) in [6, 6.07) is -0.128. The fraction of sp³-hybridized carbons (Fsp3) is 0.733. The summed E-state index contributed by atoms with van der Waals surface area (Å²) in [5.41, 5.74) is 0. The molecule has 1 atom stereocenters. The number of carbonyl (C=O) groups is 1. The van der Waals surface area contributed by atoms with Crippen LogP contribution in [0.25, 0.3) is 0 Å². The summed E-state index contributed by atoms with van der Waals surface area (Å²) in [4.78, 5) is 18.3. The van der Waals surface area contributed by atoms with E-state index in [1.807, 2.05) is 15.7 Å². The molecule has 1 aliphatic heterocycles. The summed E-state index contributed by atoms with van der Waals surface area (Å²) in [7, 11) is -2.96. The monoisotopic (exact) mass is 327 g/mol. The highest BCUT2D eigenvalue weighted by atomic mass is 32.2. The topological polar surface area (TPSA) is 72.3 Å². The lowest BCUT2D eigenvalue weighted by atomic mass is 10.1. The number of rotatable bonds is 8. The Morgan fingerprint density at radius 2 is 2.23 bits per heavy atom. The fourth-order valence-electron chi connectivity index (χ4n) is 2.84. The second kappa shape index (κ2) is 7.76. The van der Waals surface area contributed by atoms with Gasteiger partial charge in [0.2, 0.25) is 5.91 Å². The largest absolute Gasteiger partial charge is 0.339 e. The second-order valence-electron chi connectivity index (χ2n) is 5.90. The molecule has 0 unspecified atom stereocenters. The molecule has 1 saturated heterocycles. The van der Waals surface area contributed by atoms with E-state index in [1.165, 1.54) is 0 Å². The standard InChI is InChI=1S/C15H25N3O3S/c1-2-3-9-18(14-6-11-22(20,21)12-14)15(19)5-4-8-17-10-7-16-13-17/h7,10,13-14H,2-6,8-9,11-12H2,1H3/t14-/m0/s1. The van der Waals surface area contributed by atoms with Crippen LogP contribution in [0.5, 0.6) is 0 Å². The van der Waals surface area contributed by atoms with Gasteiger partial charge in [-0.05, 0) is 19.3 Å². The molecule has 1 amide bonds. The van der Waals surface area contributed by atoms with Crippen molar-refractivity contribution in [3.05, 3.63) is 18.7 Å². The first-order valence-electron chi connectivity index (χ1n) is 7.97. The van der Waals surface area contributed by atoms with Crippen LogP contribution in [0.1, 0.15) is 39.0 Å². The van der Waals surface area contributed by atoms with Crippen molar-refractivity contribution >= 4 is 15.7 Å². The van der Waals surface area contributed by atoms with Gasteiger partial charge in [0.25, 0.3) is 0 Å². The molecule has 22 heavy (non-hydrogen) atoms. The van der Waals surface area contributed by atoms with E-state index < -0.39 is 9.84 Å². The van der Waals surface area contributed by atoms with Gasteiger partial charge < -0.3 is 9.47 Å². The number of imidazole rings is 1. The Kier molecular flexibility index (Phi) is 5.99. The zero-order valence-electron chi connectivity index (χ0n) is 13.1. The number of aromatic nitrogens is 2. The van der Waals surface area contributed by atoms with Crippen molar-refractivity contribution in [1.82, 2.24) is 14.5 Å². The van der Waals surface area contributed by atoms with E-state index in [9.17, 15) is 13.2 Å². The Hall–Kier alpha value is -1.37. The lowest BCUT2D eigenvalue weighted by Crippen LogP contribution is -2.41. The highest BCUT2D eigenvalue weighted by molar-refractivity contribution is 7.91. The lowest BCUT2D eigenvalue weighted by Gasteiger charge is -2.28. The maximum atomic E-state index is 12.5. The summed E-state index contributed by atoms with van der Waals surface area (Å²) in [5.74, 6) is 0.419. The smallest absolute Gasteiger partial charge is 0.222 e. The summed E-state index contributed by atoms with van der Waals surface area (Å²) in [6.07, 6.45) is 9.04. The van der Waals surface area contributed by atoms with Crippen LogP contribution < -0.4 is 0 Å². The Bertz CT molecular complexity index is 569. The van der Waals surface area contributed by atoms with Crippen molar-refractivity contribution in [2.24, 2.45) is 0 Å². The van der Waals surface area contributed by atoms with Gasteiger partial charge in [0.1, 0.15) is 0 Å². The van der Waals surface area contributed by atoms with Crippen molar-refractivity contribution in [3.8, 4) is 0 Å². The second-order valence-corrected chi connectivity index (χ2v) is 8.13. The highest BCUT2D eigenvalue weighted by Gasteiger charge is 2.33. The average Bonchev–Trinajstić information content (AvgIpc) is 3.09. The van der Waals surface area contributed by atoms with E-state index in [1.54, 1.807) is 12.5 Å². The van der Waals surface area contributed by atoms with Crippen molar-refractivity contribution in [3.63, 3.8) is 0 Å². The summed E-state index contributed by atoms with van der Waals surface area (Å²) in [5, 5.41) is 0. The number of aryl methyl sites for hydroxylation is 1. The van der Waals surface area contributed by atoms with E-state index in [2.05, 4.69) is 11.9 Å². The van der Waals surface area contributed by atoms with Gasteiger partial charge >= 0.3 is 0 Å². The van der Waals surface area contributed by atoms with Gasteiger partial charge in [-0.2, -0.15) is 0 Å². The molecule has 1 aliphatic rings. The minimum absolute atomic E-state index is 0.0793. The molecule has 0 bridgehead atoms. The Morgan fingerprint density at radius 1 is 1.41 bits per heavy atom. The van der Waals surface area contributed by atoms with Crippen molar-refractivity contribution in [2.45, 2.75) is 51.6 Å². The van der Waals surface area contributed by atoms with Crippen LogP contribution in [0, 0.1) is 0 Å². The third-order valence-corrected chi connectivity index (χ3v) is 5.84. The van der Waals surface area contributed by atoms with Crippen LogP contribution in [0.15, 0.2) is 18.7 Å². The zero-order valence-corrected chi connectivity index (χ0v) is 14.0. The van der Waals surface area contributed by atoms with Gasteiger partial charge in [-0.15, -0.1) is 0 Å². The van der Waals surface area contributed by atoms with Crippen molar-refractivity contribution in [2.75, 3.05) is 18.1 Å². The van der Waals surface area contributed by atoms with Crippen molar-refractivity contribution in [1.29, 1.82) is 0 Å². The van der Waals surface area contributed by atoms with Gasteiger partial charge in [0.05, 0.1) is 17.8 Å². The molecule has 124 valence electrons. The first kappa shape index (κ1) is 17.0. The number of nitrogens with zero attached hydrogens (tertiary/aromatic N) is 3. The van der Waals surface area contributed by atoms with Crippen LogP contribution in [0.2, 0.25) is 0 Å². The van der Waals surface area contributed by atoms with E-state index in [4.69, 9.17) is 0 Å². The SMILES string of the molecule is CCCCN(C(=O)CCCn1ccnc1)[C@H]1CCS(=O)(=O)C1. The third kappa shape index (κ3) is 4.83. The van der Waals surface area contributed by atoms with E-state index >= 15 is 0 Å². The minimum atomic E-state index is -2.96.